The Bertz CT molecular complexity index is 579. The molecule has 5 nitrogen and oxygen atoms in total. The maximum atomic E-state index is 5.35. The number of hydrogen-bond donors (Lipinski definition) is 2. The van der Waals surface area contributed by atoms with E-state index in [9.17, 15) is 0 Å². The van der Waals surface area contributed by atoms with Crippen molar-refractivity contribution in [3.8, 4) is 5.75 Å². The van der Waals surface area contributed by atoms with Gasteiger partial charge in [0.25, 0.3) is 0 Å². The molecule has 0 aliphatic heterocycles. The highest BCUT2D eigenvalue weighted by atomic mass is 16.5. The molecule has 1 aromatic heterocycles. The smallest absolute Gasteiger partial charge is 0.191 e. The Kier molecular flexibility index (Phi) is 6.36. The minimum atomic E-state index is 0.570. The molecular formula is C17H23N3O2. The molecule has 0 atom stereocenters. The maximum Gasteiger partial charge on any atom is 0.191 e. The maximum absolute atomic E-state index is 5.35. The largest absolute Gasteiger partial charge is 0.496 e. The first-order valence-electron chi connectivity index (χ1n) is 7.50. The number of para-hydroxylation sites is 1. The fourth-order valence-electron chi connectivity index (χ4n) is 2.10. The van der Waals surface area contributed by atoms with Gasteiger partial charge in [-0.1, -0.05) is 18.2 Å². The SMILES string of the molecule is CCNC(=NCc1ccccc1OC)NCCc1ccco1. The quantitative estimate of drug-likeness (QED) is 0.609. The van der Waals surface area contributed by atoms with Crippen LogP contribution in [0.15, 0.2) is 52.1 Å². The number of furan rings is 1. The molecule has 0 fully saturated rings. The van der Waals surface area contributed by atoms with E-state index in [2.05, 4.69) is 15.6 Å². The zero-order valence-electron chi connectivity index (χ0n) is 13.1. The molecule has 2 rings (SSSR count). The second kappa shape index (κ2) is 8.77. The lowest BCUT2D eigenvalue weighted by Crippen LogP contribution is -2.38. The Hall–Kier alpha value is -2.43. The van der Waals surface area contributed by atoms with Crippen LogP contribution in [0, 0.1) is 0 Å². The average molecular weight is 301 g/mol. The van der Waals surface area contributed by atoms with Crippen LogP contribution < -0.4 is 15.4 Å². The molecule has 5 heteroatoms. The van der Waals surface area contributed by atoms with E-state index in [1.165, 1.54) is 0 Å². The number of methoxy groups -OCH3 is 1. The van der Waals surface area contributed by atoms with Gasteiger partial charge in [-0.25, -0.2) is 4.99 Å². The van der Waals surface area contributed by atoms with Gasteiger partial charge in [0.05, 0.1) is 19.9 Å². The summed E-state index contributed by atoms with van der Waals surface area (Å²) in [7, 11) is 1.68. The van der Waals surface area contributed by atoms with Gasteiger partial charge < -0.3 is 19.8 Å². The number of ether oxygens (including phenoxy) is 1. The van der Waals surface area contributed by atoms with E-state index in [-0.39, 0.29) is 0 Å². The van der Waals surface area contributed by atoms with Gasteiger partial charge >= 0.3 is 0 Å². The summed E-state index contributed by atoms with van der Waals surface area (Å²) in [5, 5.41) is 6.54. The summed E-state index contributed by atoms with van der Waals surface area (Å²) in [6, 6.07) is 11.8. The summed E-state index contributed by atoms with van der Waals surface area (Å²) in [5.74, 6) is 2.62. The molecular weight excluding hydrogens is 278 g/mol. The van der Waals surface area contributed by atoms with Crippen molar-refractivity contribution in [2.45, 2.75) is 19.9 Å². The van der Waals surface area contributed by atoms with E-state index >= 15 is 0 Å². The predicted octanol–water partition coefficient (Wildman–Crippen LogP) is 2.59. The van der Waals surface area contributed by atoms with E-state index in [1.807, 2.05) is 43.3 Å². The molecule has 0 saturated heterocycles. The van der Waals surface area contributed by atoms with Crippen molar-refractivity contribution in [1.82, 2.24) is 10.6 Å². The second-order valence-electron chi connectivity index (χ2n) is 4.76. The van der Waals surface area contributed by atoms with Crippen LogP contribution in [0.3, 0.4) is 0 Å². The third-order valence-electron chi connectivity index (χ3n) is 3.19. The van der Waals surface area contributed by atoms with Crippen LogP contribution in [0.2, 0.25) is 0 Å². The van der Waals surface area contributed by atoms with Crippen molar-refractivity contribution in [3.05, 3.63) is 54.0 Å². The second-order valence-corrected chi connectivity index (χ2v) is 4.76. The van der Waals surface area contributed by atoms with Crippen molar-refractivity contribution < 1.29 is 9.15 Å². The molecule has 0 aliphatic rings. The standard InChI is InChI=1S/C17H23N3O2/c1-3-18-17(19-11-10-15-8-6-12-22-15)20-13-14-7-4-5-9-16(14)21-2/h4-9,12H,3,10-11,13H2,1-2H3,(H2,18,19,20). The summed E-state index contributed by atoms with van der Waals surface area (Å²) in [4.78, 5) is 4.59. The normalized spacial score (nSPS) is 11.3. The van der Waals surface area contributed by atoms with E-state index in [4.69, 9.17) is 9.15 Å². The molecule has 0 unspecified atom stereocenters. The highest BCUT2D eigenvalue weighted by molar-refractivity contribution is 5.79. The first-order chi connectivity index (χ1) is 10.8. The molecule has 0 radical (unpaired) electrons. The monoisotopic (exact) mass is 301 g/mol. The van der Waals surface area contributed by atoms with Crippen LogP contribution >= 0.6 is 0 Å². The molecule has 22 heavy (non-hydrogen) atoms. The van der Waals surface area contributed by atoms with Crippen LogP contribution in [0.1, 0.15) is 18.2 Å². The fourth-order valence-corrected chi connectivity index (χ4v) is 2.10. The van der Waals surface area contributed by atoms with Gasteiger partial charge in [-0.2, -0.15) is 0 Å². The molecule has 0 amide bonds. The van der Waals surface area contributed by atoms with Crippen molar-refractivity contribution in [1.29, 1.82) is 0 Å². The van der Waals surface area contributed by atoms with Crippen LogP contribution in [0.5, 0.6) is 5.75 Å². The first-order valence-corrected chi connectivity index (χ1v) is 7.50. The van der Waals surface area contributed by atoms with Gasteiger partial charge in [0, 0.05) is 25.1 Å². The Morgan fingerprint density at radius 1 is 1.18 bits per heavy atom. The molecule has 1 aromatic carbocycles. The molecule has 118 valence electrons. The van der Waals surface area contributed by atoms with Crippen LogP contribution in [0.4, 0.5) is 0 Å². The van der Waals surface area contributed by atoms with E-state index in [0.29, 0.717) is 6.54 Å². The Morgan fingerprint density at radius 3 is 2.77 bits per heavy atom. The van der Waals surface area contributed by atoms with Crippen LogP contribution in [0.25, 0.3) is 0 Å². The van der Waals surface area contributed by atoms with Gasteiger partial charge in [-0.3, -0.25) is 0 Å². The van der Waals surface area contributed by atoms with E-state index in [1.54, 1.807) is 13.4 Å². The van der Waals surface area contributed by atoms with Gasteiger partial charge in [0.1, 0.15) is 11.5 Å². The number of hydrogen-bond acceptors (Lipinski definition) is 3. The Balaban J connectivity index is 1.91. The zero-order valence-corrected chi connectivity index (χ0v) is 13.1. The fraction of sp³-hybridized carbons (Fsp3) is 0.353. The minimum absolute atomic E-state index is 0.570. The van der Waals surface area contributed by atoms with Gasteiger partial charge in [0.2, 0.25) is 0 Å². The topological polar surface area (TPSA) is 58.8 Å². The Labute approximate surface area is 131 Å². The molecule has 0 saturated carbocycles. The highest BCUT2D eigenvalue weighted by Crippen LogP contribution is 2.17. The third kappa shape index (κ3) is 4.84. The number of nitrogens with zero attached hydrogens (tertiary/aromatic N) is 1. The summed E-state index contributed by atoms with van der Waals surface area (Å²) >= 11 is 0. The van der Waals surface area contributed by atoms with Crippen molar-refractivity contribution in [2.24, 2.45) is 4.99 Å². The molecule has 0 aliphatic carbocycles. The number of benzene rings is 1. The summed E-state index contributed by atoms with van der Waals surface area (Å²) < 4.78 is 10.7. The molecule has 2 N–H and O–H groups in total. The number of guanidine groups is 1. The lowest BCUT2D eigenvalue weighted by molar-refractivity contribution is 0.410. The van der Waals surface area contributed by atoms with Gasteiger partial charge in [0.15, 0.2) is 5.96 Å². The Morgan fingerprint density at radius 2 is 2.05 bits per heavy atom. The summed E-state index contributed by atoms with van der Waals surface area (Å²) in [6.07, 6.45) is 2.52. The molecule has 2 aromatic rings. The van der Waals surface area contributed by atoms with Gasteiger partial charge in [-0.15, -0.1) is 0 Å². The lowest BCUT2D eigenvalue weighted by atomic mass is 10.2. The van der Waals surface area contributed by atoms with Crippen LogP contribution in [-0.2, 0) is 13.0 Å². The predicted molar refractivity (Wildman–Crippen MR) is 88.2 cm³/mol. The lowest BCUT2D eigenvalue weighted by Gasteiger charge is -2.11. The van der Waals surface area contributed by atoms with Crippen molar-refractivity contribution >= 4 is 5.96 Å². The minimum Gasteiger partial charge on any atom is -0.496 e. The summed E-state index contributed by atoms with van der Waals surface area (Å²) in [5.41, 5.74) is 1.06. The van der Waals surface area contributed by atoms with Gasteiger partial charge in [-0.05, 0) is 25.1 Å². The van der Waals surface area contributed by atoms with E-state index < -0.39 is 0 Å². The first kappa shape index (κ1) is 15.9. The highest BCUT2D eigenvalue weighted by Gasteiger charge is 2.02. The molecule has 1 heterocycles. The van der Waals surface area contributed by atoms with E-state index in [0.717, 1.165) is 42.5 Å². The zero-order chi connectivity index (χ0) is 15.6. The number of nitrogens with one attached hydrogen (secondary N) is 2. The molecule has 0 bridgehead atoms. The number of rotatable bonds is 7. The average Bonchev–Trinajstić information content (AvgIpc) is 3.06. The van der Waals surface area contributed by atoms with Crippen molar-refractivity contribution in [3.63, 3.8) is 0 Å². The third-order valence-corrected chi connectivity index (χ3v) is 3.19. The summed E-state index contributed by atoms with van der Waals surface area (Å²) in [6.45, 7) is 4.21. The molecule has 0 spiro atoms. The number of aliphatic imine (C=N–C) groups is 1. The van der Waals surface area contributed by atoms with Crippen molar-refractivity contribution in [2.75, 3.05) is 20.2 Å². The van der Waals surface area contributed by atoms with Crippen LogP contribution in [-0.4, -0.2) is 26.2 Å².